The molecular weight excluding hydrogens is 326 g/mol. The van der Waals surface area contributed by atoms with Gasteiger partial charge in [-0.3, -0.25) is 0 Å². The first kappa shape index (κ1) is 16.6. The molecule has 1 aliphatic carbocycles. The third-order valence-electron chi connectivity index (χ3n) is 4.71. The van der Waals surface area contributed by atoms with Crippen LogP contribution in [0.3, 0.4) is 0 Å². The Morgan fingerprint density at radius 3 is 2.81 bits per heavy atom. The van der Waals surface area contributed by atoms with Gasteiger partial charge >= 0.3 is 0 Å². The van der Waals surface area contributed by atoms with E-state index < -0.39 is 0 Å². The van der Waals surface area contributed by atoms with Crippen LogP contribution in [-0.2, 0) is 13.0 Å². The first-order chi connectivity index (χ1) is 12.7. The van der Waals surface area contributed by atoms with Crippen molar-refractivity contribution in [3.05, 3.63) is 59.8 Å². The molecule has 0 atom stereocenters. The Labute approximate surface area is 152 Å². The van der Waals surface area contributed by atoms with E-state index in [1.165, 1.54) is 0 Å². The lowest BCUT2D eigenvalue weighted by Gasteiger charge is -2.26. The zero-order chi connectivity index (χ0) is 17.9. The van der Waals surface area contributed by atoms with Crippen LogP contribution < -0.4 is 0 Å². The summed E-state index contributed by atoms with van der Waals surface area (Å²) in [4.78, 5) is 4.33. The molecule has 1 N–H and O–H groups in total. The molecule has 26 heavy (non-hydrogen) atoms. The second-order valence-corrected chi connectivity index (χ2v) is 6.68. The highest BCUT2D eigenvalue weighted by atomic mass is 16.5. The molecule has 3 aromatic rings. The average molecular weight is 347 g/mol. The summed E-state index contributed by atoms with van der Waals surface area (Å²) < 4.78 is 7.58. The molecule has 2 aromatic heterocycles. The lowest BCUT2D eigenvalue weighted by molar-refractivity contribution is 0.0666. The number of benzene rings is 1. The van der Waals surface area contributed by atoms with E-state index in [2.05, 4.69) is 33.5 Å². The molecule has 1 fully saturated rings. The first-order valence-corrected chi connectivity index (χ1v) is 8.97. The minimum Gasteiger partial charge on any atom is -0.393 e. The van der Waals surface area contributed by atoms with Crippen LogP contribution in [0.15, 0.2) is 47.2 Å². The van der Waals surface area contributed by atoms with Gasteiger partial charge in [-0.15, -0.1) is 0 Å². The topological polar surface area (TPSA) is 64.1 Å². The van der Waals surface area contributed by atoms with Gasteiger partial charge in [0.25, 0.3) is 0 Å². The average Bonchev–Trinajstić information content (AvgIpc) is 3.28. The largest absolute Gasteiger partial charge is 0.393 e. The van der Waals surface area contributed by atoms with Crippen LogP contribution in [0.5, 0.6) is 0 Å². The quantitative estimate of drug-likeness (QED) is 0.736. The maximum absolute atomic E-state index is 9.30. The highest BCUT2D eigenvalue weighted by molar-refractivity contribution is 5.59. The standard InChI is InChI=1S/C21H21N3O2/c1-2-21-22-9-10-24(21)14-18-13-20(26-23-18)17-7-5-15(6-8-17)3-4-16-11-19(25)12-16/h5-10,13,16,19,25H,2,11-12,14H2,1H3. The number of aromatic nitrogens is 3. The minimum atomic E-state index is -0.159. The van der Waals surface area contributed by atoms with Gasteiger partial charge in [-0.1, -0.05) is 23.9 Å². The van der Waals surface area contributed by atoms with Crippen molar-refractivity contribution in [2.45, 2.75) is 38.8 Å². The summed E-state index contributed by atoms with van der Waals surface area (Å²) >= 11 is 0. The third-order valence-corrected chi connectivity index (χ3v) is 4.71. The van der Waals surface area contributed by atoms with E-state index in [-0.39, 0.29) is 6.10 Å². The molecule has 0 amide bonds. The summed E-state index contributed by atoms with van der Waals surface area (Å²) in [5.74, 6) is 8.51. The van der Waals surface area contributed by atoms with Crippen LogP contribution in [-0.4, -0.2) is 25.9 Å². The highest BCUT2D eigenvalue weighted by Gasteiger charge is 2.24. The molecular formula is C21H21N3O2. The zero-order valence-corrected chi connectivity index (χ0v) is 14.7. The Morgan fingerprint density at radius 2 is 2.08 bits per heavy atom. The van der Waals surface area contributed by atoms with Crippen LogP contribution in [0.4, 0.5) is 0 Å². The molecule has 1 saturated carbocycles. The molecule has 5 heteroatoms. The smallest absolute Gasteiger partial charge is 0.167 e. The lowest BCUT2D eigenvalue weighted by Crippen LogP contribution is -2.26. The molecule has 4 rings (SSSR count). The maximum Gasteiger partial charge on any atom is 0.167 e. The number of aryl methyl sites for hydroxylation is 1. The van der Waals surface area contributed by atoms with Crippen molar-refractivity contribution >= 4 is 0 Å². The van der Waals surface area contributed by atoms with Crippen LogP contribution >= 0.6 is 0 Å². The van der Waals surface area contributed by atoms with Crippen LogP contribution in [0.1, 0.15) is 36.8 Å². The number of aliphatic hydroxyl groups excluding tert-OH is 1. The predicted octanol–water partition coefficient (Wildman–Crippen LogP) is 3.27. The van der Waals surface area contributed by atoms with Crippen molar-refractivity contribution in [3.8, 4) is 23.2 Å². The van der Waals surface area contributed by atoms with Crippen molar-refractivity contribution in [2.24, 2.45) is 5.92 Å². The molecule has 0 aliphatic heterocycles. The fourth-order valence-corrected chi connectivity index (χ4v) is 3.10. The van der Waals surface area contributed by atoms with E-state index in [0.29, 0.717) is 12.5 Å². The fourth-order valence-electron chi connectivity index (χ4n) is 3.10. The van der Waals surface area contributed by atoms with Gasteiger partial charge in [-0.2, -0.15) is 0 Å². The number of hydrogen-bond acceptors (Lipinski definition) is 4. The van der Waals surface area contributed by atoms with E-state index >= 15 is 0 Å². The monoisotopic (exact) mass is 347 g/mol. The van der Waals surface area contributed by atoms with Gasteiger partial charge in [0.2, 0.25) is 0 Å². The molecule has 1 aromatic carbocycles. The molecule has 0 saturated heterocycles. The summed E-state index contributed by atoms with van der Waals surface area (Å²) in [6.45, 7) is 2.74. The van der Waals surface area contributed by atoms with E-state index in [1.54, 1.807) is 0 Å². The Balaban J connectivity index is 1.44. The Hall–Kier alpha value is -2.84. The molecule has 2 heterocycles. The van der Waals surface area contributed by atoms with Gasteiger partial charge in [0.05, 0.1) is 12.6 Å². The van der Waals surface area contributed by atoms with E-state index in [0.717, 1.165) is 47.7 Å². The van der Waals surface area contributed by atoms with Crippen molar-refractivity contribution in [1.29, 1.82) is 0 Å². The van der Waals surface area contributed by atoms with Crippen molar-refractivity contribution in [3.63, 3.8) is 0 Å². The number of imidazole rings is 1. The maximum atomic E-state index is 9.30. The number of hydrogen-bond donors (Lipinski definition) is 1. The predicted molar refractivity (Wildman–Crippen MR) is 98.3 cm³/mol. The van der Waals surface area contributed by atoms with Gasteiger partial charge in [0, 0.05) is 41.9 Å². The number of aliphatic hydroxyl groups is 1. The summed E-state index contributed by atoms with van der Waals surface area (Å²) in [5.41, 5.74) is 2.83. The highest BCUT2D eigenvalue weighted by Crippen LogP contribution is 2.26. The van der Waals surface area contributed by atoms with Gasteiger partial charge in [0.1, 0.15) is 11.5 Å². The van der Waals surface area contributed by atoms with Crippen LogP contribution in [0, 0.1) is 17.8 Å². The zero-order valence-electron chi connectivity index (χ0n) is 14.7. The Bertz CT molecular complexity index is 938. The summed E-state index contributed by atoms with van der Waals surface area (Å²) in [5, 5.41) is 13.5. The second kappa shape index (κ2) is 7.19. The Kier molecular flexibility index (Phi) is 4.59. The van der Waals surface area contributed by atoms with Gasteiger partial charge in [-0.05, 0) is 37.1 Å². The van der Waals surface area contributed by atoms with Crippen LogP contribution in [0.2, 0.25) is 0 Å². The van der Waals surface area contributed by atoms with Crippen molar-refractivity contribution in [1.82, 2.24) is 14.7 Å². The fraction of sp³-hybridized carbons (Fsp3) is 0.333. The summed E-state index contributed by atoms with van der Waals surface area (Å²) in [7, 11) is 0. The normalized spacial score (nSPS) is 18.8. The van der Waals surface area contributed by atoms with E-state index in [9.17, 15) is 5.11 Å². The van der Waals surface area contributed by atoms with Crippen LogP contribution in [0.25, 0.3) is 11.3 Å². The van der Waals surface area contributed by atoms with E-state index in [1.807, 2.05) is 42.7 Å². The van der Waals surface area contributed by atoms with Gasteiger partial charge in [-0.25, -0.2) is 4.98 Å². The molecule has 0 bridgehead atoms. The molecule has 1 aliphatic rings. The van der Waals surface area contributed by atoms with Crippen molar-refractivity contribution in [2.75, 3.05) is 0 Å². The second-order valence-electron chi connectivity index (χ2n) is 6.68. The molecule has 0 unspecified atom stereocenters. The number of nitrogens with zero attached hydrogens (tertiary/aromatic N) is 3. The third kappa shape index (κ3) is 3.56. The lowest BCUT2D eigenvalue weighted by atomic mass is 9.83. The molecule has 5 nitrogen and oxygen atoms in total. The minimum absolute atomic E-state index is 0.159. The molecule has 132 valence electrons. The Morgan fingerprint density at radius 1 is 1.27 bits per heavy atom. The van der Waals surface area contributed by atoms with Crippen molar-refractivity contribution < 1.29 is 9.63 Å². The molecule has 0 spiro atoms. The van der Waals surface area contributed by atoms with E-state index in [4.69, 9.17) is 4.52 Å². The molecule has 0 radical (unpaired) electrons. The summed E-state index contributed by atoms with van der Waals surface area (Å²) in [6.07, 6.45) is 6.09. The number of rotatable bonds is 4. The SMILES string of the molecule is CCc1nccn1Cc1cc(-c2ccc(C#CC3CC(O)C3)cc2)on1. The first-order valence-electron chi connectivity index (χ1n) is 8.97. The van der Waals surface area contributed by atoms with Gasteiger partial charge in [0.15, 0.2) is 5.76 Å². The van der Waals surface area contributed by atoms with Gasteiger partial charge < -0.3 is 14.2 Å². The summed E-state index contributed by atoms with van der Waals surface area (Å²) in [6, 6.07) is 9.95.